The molecule has 142 valence electrons. The molecule has 2 aromatic carbocycles. The number of amides is 2. The van der Waals surface area contributed by atoms with E-state index in [4.69, 9.17) is 4.74 Å². The van der Waals surface area contributed by atoms with Gasteiger partial charge in [0.1, 0.15) is 17.5 Å². The molecule has 0 spiro atoms. The lowest BCUT2D eigenvalue weighted by atomic mass is 9.99. The summed E-state index contributed by atoms with van der Waals surface area (Å²) in [5.41, 5.74) is 0.131. The molecule has 1 fully saturated rings. The van der Waals surface area contributed by atoms with Gasteiger partial charge in [-0.1, -0.05) is 12.1 Å². The van der Waals surface area contributed by atoms with Crippen LogP contribution < -0.4 is 10.6 Å². The van der Waals surface area contributed by atoms with Gasteiger partial charge in [0.2, 0.25) is 0 Å². The van der Waals surface area contributed by atoms with Crippen molar-refractivity contribution in [2.24, 2.45) is 0 Å². The molecule has 1 aliphatic rings. The Labute approximate surface area is 153 Å². The zero-order valence-corrected chi connectivity index (χ0v) is 14.2. The number of ether oxygens (including phenoxy) is 1. The van der Waals surface area contributed by atoms with Gasteiger partial charge in [-0.3, -0.25) is 9.59 Å². The van der Waals surface area contributed by atoms with E-state index < -0.39 is 41.0 Å². The van der Waals surface area contributed by atoms with Crippen LogP contribution in [-0.2, 0) is 14.3 Å². The zero-order chi connectivity index (χ0) is 19.4. The molecule has 0 radical (unpaired) electrons. The molecule has 0 aromatic heterocycles. The molecule has 0 aliphatic carbocycles. The van der Waals surface area contributed by atoms with Gasteiger partial charge < -0.3 is 15.4 Å². The Morgan fingerprint density at radius 2 is 1.70 bits per heavy atom. The number of carbonyl (C=O) groups excluding carboxylic acids is 2. The van der Waals surface area contributed by atoms with Gasteiger partial charge >= 0.3 is 11.8 Å². The summed E-state index contributed by atoms with van der Waals surface area (Å²) in [6.07, 6.45) is 1.07. The second kappa shape index (κ2) is 8.22. The van der Waals surface area contributed by atoms with E-state index in [1.165, 1.54) is 24.3 Å². The van der Waals surface area contributed by atoms with Crippen molar-refractivity contribution in [3.8, 4) is 0 Å². The summed E-state index contributed by atoms with van der Waals surface area (Å²) in [6, 6.07) is 7.31. The van der Waals surface area contributed by atoms with Gasteiger partial charge in [-0.25, -0.2) is 13.2 Å². The van der Waals surface area contributed by atoms with Crippen LogP contribution in [-0.4, -0.2) is 24.5 Å². The number of hydrogen-bond acceptors (Lipinski definition) is 3. The maximum absolute atomic E-state index is 13.6. The highest BCUT2D eigenvalue weighted by Crippen LogP contribution is 2.27. The standard InChI is InChI=1S/C19H17F3N2O3/c20-12-5-3-11(4-6-12)17(16-2-1-9-27-16)24-19(26)18(25)23-15-10-13(21)7-8-14(15)22/h3-8,10,16-17H,1-2,9H2,(H,23,25)(H,24,26)/t16-,17-/m0/s1. The highest BCUT2D eigenvalue weighted by atomic mass is 19.1. The van der Waals surface area contributed by atoms with Crippen LogP contribution >= 0.6 is 0 Å². The average molecular weight is 378 g/mol. The van der Waals surface area contributed by atoms with Gasteiger partial charge in [0.25, 0.3) is 0 Å². The van der Waals surface area contributed by atoms with Gasteiger partial charge in [0.15, 0.2) is 0 Å². The van der Waals surface area contributed by atoms with E-state index in [0.29, 0.717) is 18.6 Å². The first-order chi connectivity index (χ1) is 12.9. The fraction of sp³-hybridized carbons (Fsp3) is 0.263. The van der Waals surface area contributed by atoms with Gasteiger partial charge in [0.05, 0.1) is 17.8 Å². The molecule has 2 atom stereocenters. The molecule has 0 bridgehead atoms. The Morgan fingerprint density at radius 1 is 1.00 bits per heavy atom. The second-order valence-electron chi connectivity index (χ2n) is 6.13. The van der Waals surface area contributed by atoms with Gasteiger partial charge in [-0.2, -0.15) is 0 Å². The van der Waals surface area contributed by atoms with Crippen molar-refractivity contribution in [3.05, 3.63) is 65.5 Å². The topological polar surface area (TPSA) is 67.4 Å². The third kappa shape index (κ3) is 4.65. The van der Waals surface area contributed by atoms with E-state index in [0.717, 1.165) is 24.6 Å². The highest BCUT2D eigenvalue weighted by molar-refractivity contribution is 6.39. The molecule has 2 aromatic rings. The van der Waals surface area contributed by atoms with E-state index in [1.54, 1.807) is 0 Å². The Bertz CT molecular complexity index is 837. The molecular weight excluding hydrogens is 361 g/mol. The maximum Gasteiger partial charge on any atom is 0.313 e. The van der Waals surface area contributed by atoms with Gasteiger partial charge in [-0.05, 0) is 42.7 Å². The number of benzene rings is 2. The first kappa shape index (κ1) is 18.9. The Hall–Kier alpha value is -2.87. The van der Waals surface area contributed by atoms with E-state index in [1.807, 2.05) is 5.32 Å². The molecule has 1 saturated heterocycles. The quantitative estimate of drug-likeness (QED) is 0.804. The molecule has 2 N–H and O–H groups in total. The van der Waals surface area contributed by atoms with Crippen LogP contribution in [0.25, 0.3) is 0 Å². The lowest BCUT2D eigenvalue weighted by molar-refractivity contribution is -0.137. The van der Waals surface area contributed by atoms with Crippen molar-refractivity contribution in [2.45, 2.75) is 25.0 Å². The van der Waals surface area contributed by atoms with E-state index in [9.17, 15) is 22.8 Å². The van der Waals surface area contributed by atoms with Crippen LogP contribution in [0.3, 0.4) is 0 Å². The Balaban J connectivity index is 1.74. The number of halogens is 3. The summed E-state index contributed by atoms with van der Waals surface area (Å²) in [5, 5.41) is 4.57. The normalized spacial score (nSPS) is 17.4. The summed E-state index contributed by atoms with van der Waals surface area (Å²) >= 11 is 0. The minimum Gasteiger partial charge on any atom is -0.376 e. The van der Waals surface area contributed by atoms with Crippen molar-refractivity contribution in [3.63, 3.8) is 0 Å². The smallest absolute Gasteiger partial charge is 0.313 e. The van der Waals surface area contributed by atoms with Crippen LogP contribution in [0.4, 0.5) is 18.9 Å². The molecule has 0 saturated carbocycles. The van der Waals surface area contributed by atoms with Crippen molar-refractivity contribution in [2.75, 3.05) is 11.9 Å². The number of carbonyl (C=O) groups is 2. The fourth-order valence-electron chi connectivity index (χ4n) is 2.91. The number of nitrogens with one attached hydrogen (secondary N) is 2. The van der Waals surface area contributed by atoms with E-state index in [-0.39, 0.29) is 6.10 Å². The third-order valence-electron chi connectivity index (χ3n) is 4.24. The minimum atomic E-state index is -1.15. The molecule has 1 aliphatic heterocycles. The predicted octanol–water partition coefficient (Wildman–Crippen LogP) is 3.08. The minimum absolute atomic E-state index is 0.377. The summed E-state index contributed by atoms with van der Waals surface area (Å²) in [5.74, 6) is -4.24. The SMILES string of the molecule is O=C(Nc1cc(F)ccc1F)C(=O)N[C@@H](c1ccc(F)cc1)[C@@H]1CCCO1. The van der Waals surface area contributed by atoms with Crippen LogP contribution in [0.2, 0.25) is 0 Å². The highest BCUT2D eigenvalue weighted by Gasteiger charge is 2.30. The summed E-state index contributed by atoms with van der Waals surface area (Å²) in [6.45, 7) is 0.513. The van der Waals surface area contributed by atoms with Crippen LogP contribution in [0.15, 0.2) is 42.5 Å². The number of rotatable bonds is 4. The zero-order valence-electron chi connectivity index (χ0n) is 14.2. The van der Waals surface area contributed by atoms with Crippen molar-refractivity contribution < 1.29 is 27.5 Å². The fourth-order valence-corrected chi connectivity index (χ4v) is 2.91. The molecule has 3 rings (SSSR count). The van der Waals surface area contributed by atoms with E-state index in [2.05, 4.69) is 5.32 Å². The van der Waals surface area contributed by atoms with Crippen molar-refractivity contribution in [1.29, 1.82) is 0 Å². The average Bonchev–Trinajstić information content (AvgIpc) is 3.18. The molecule has 27 heavy (non-hydrogen) atoms. The lowest BCUT2D eigenvalue weighted by Crippen LogP contribution is -2.42. The van der Waals surface area contributed by atoms with Gasteiger partial charge in [-0.15, -0.1) is 0 Å². The maximum atomic E-state index is 13.6. The third-order valence-corrected chi connectivity index (χ3v) is 4.24. The lowest BCUT2D eigenvalue weighted by Gasteiger charge is -2.24. The second-order valence-corrected chi connectivity index (χ2v) is 6.13. The van der Waals surface area contributed by atoms with Crippen LogP contribution in [0.1, 0.15) is 24.4 Å². The first-order valence-electron chi connectivity index (χ1n) is 8.38. The largest absolute Gasteiger partial charge is 0.376 e. The molecule has 1 heterocycles. The van der Waals surface area contributed by atoms with Crippen LogP contribution in [0.5, 0.6) is 0 Å². The van der Waals surface area contributed by atoms with Crippen molar-refractivity contribution in [1.82, 2.24) is 5.32 Å². The molecule has 2 amide bonds. The predicted molar refractivity (Wildman–Crippen MR) is 91.2 cm³/mol. The number of hydrogen-bond donors (Lipinski definition) is 2. The van der Waals surface area contributed by atoms with Crippen molar-refractivity contribution >= 4 is 17.5 Å². The molecular formula is C19H17F3N2O3. The van der Waals surface area contributed by atoms with E-state index >= 15 is 0 Å². The monoisotopic (exact) mass is 378 g/mol. The molecule has 0 unspecified atom stereocenters. The summed E-state index contributed by atoms with van der Waals surface area (Å²) in [4.78, 5) is 24.4. The molecule has 5 nitrogen and oxygen atoms in total. The van der Waals surface area contributed by atoms with Gasteiger partial charge in [0, 0.05) is 12.7 Å². The Morgan fingerprint density at radius 3 is 2.37 bits per heavy atom. The molecule has 8 heteroatoms. The summed E-state index contributed by atoms with van der Waals surface area (Å²) < 4.78 is 45.6. The summed E-state index contributed by atoms with van der Waals surface area (Å²) in [7, 11) is 0. The Kier molecular flexibility index (Phi) is 5.75. The number of anilines is 1. The first-order valence-corrected chi connectivity index (χ1v) is 8.38. The van der Waals surface area contributed by atoms with Crippen LogP contribution in [0, 0.1) is 17.5 Å².